The third-order valence-electron chi connectivity index (χ3n) is 3.89. The number of amides is 2. The Morgan fingerprint density at radius 1 is 1.07 bits per heavy atom. The standard InChI is InChI=1S/C19H14F2N4O3/c1-10-8-16(26)17(24-25(10)15-5-3-2-4-14(15)21)19(28)23-11-6-7-13(20)12(9-11)18(22)27/h2-9H,1H3,(H2,22,27)(H,23,28). The Kier molecular flexibility index (Phi) is 4.99. The number of carbonyl (C=O) groups is 2. The van der Waals surface area contributed by atoms with Crippen LogP contribution in [0.4, 0.5) is 14.5 Å². The van der Waals surface area contributed by atoms with E-state index in [-0.39, 0.29) is 11.4 Å². The van der Waals surface area contributed by atoms with Gasteiger partial charge in [-0.3, -0.25) is 14.4 Å². The van der Waals surface area contributed by atoms with Crippen LogP contribution < -0.4 is 16.5 Å². The largest absolute Gasteiger partial charge is 0.366 e. The Morgan fingerprint density at radius 2 is 1.79 bits per heavy atom. The first kappa shape index (κ1) is 18.9. The summed E-state index contributed by atoms with van der Waals surface area (Å²) in [5.41, 5.74) is 3.90. The van der Waals surface area contributed by atoms with Crippen molar-refractivity contribution >= 4 is 17.5 Å². The SMILES string of the molecule is Cc1cc(=O)c(C(=O)Nc2ccc(F)c(C(N)=O)c2)nn1-c1ccccc1F. The monoisotopic (exact) mass is 384 g/mol. The summed E-state index contributed by atoms with van der Waals surface area (Å²) in [7, 11) is 0. The van der Waals surface area contributed by atoms with E-state index in [4.69, 9.17) is 5.73 Å². The smallest absolute Gasteiger partial charge is 0.280 e. The molecule has 0 aliphatic carbocycles. The molecule has 3 N–H and O–H groups in total. The maximum absolute atomic E-state index is 14.1. The summed E-state index contributed by atoms with van der Waals surface area (Å²) < 4.78 is 28.8. The molecule has 0 unspecified atom stereocenters. The molecule has 0 fully saturated rings. The molecular weight excluding hydrogens is 370 g/mol. The number of aryl methyl sites for hydroxylation is 1. The van der Waals surface area contributed by atoms with E-state index in [1.165, 1.54) is 24.3 Å². The number of hydrogen-bond donors (Lipinski definition) is 2. The number of para-hydroxylation sites is 1. The second-order valence-corrected chi connectivity index (χ2v) is 5.87. The van der Waals surface area contributed by atoms with Crippen molar-refractivity contribution in [3.63, 3.8) is 0 Å². The lowest BCUT2D eigenvalue weighted by Gasteiger charge is -2.12. The zero-order chi connectivity index (χ0) is 20.4. The van der Waals surface area contributed by atoms with Crippen molar-refractivity contribution in [1.82, 2.24) is 9.78 Å². The summed E-state index contributed by atoms with van der Waals surface area (Å²) in [6, 6.07) is 10.1. The van der Waals surface area contributed by atoms with Crippen molar-refractivity contribution in [3.8, 4) is 5.69 Å². The molecule has 3 rings (SSSR count). The number of nitrogens with two attached hydrogens (primary N) is 1. The maximum Gasteiger partial charge on any atom is 0.280 e. The highest BCUT2D eigenvalue weighted by Gasteiger charge is 2.18. The van der Waals surface area contributed by atoms with E-state index >= 15 is 0 Å². The molecule has 0 radical (unpaired) electrons. The van der Waals surface area contributed by atoms with Crippen LogP contribution in [-0.2, 0) is 0 Å². The molecule has 3 aromatic rings. The lowest BCUT2D eigenvalue weighted by molar-refractivity contribution is 0.0991. The molecule has 1 heterocycles. The van der Waals surface area contributed by atoms with Crippen LogP contribution in [0.5, 0.6) is 0 Å². The van der Waals surface area contributed by atoms with E-state index in [1.54, 1.807) is 13.0 Å². The van der Waals surface area contributed by atoms with Crippen LogP contribution in [-0.4, -0.2) is 21.6 Å². The first-order chi connectivity index (χ1) is 13.3. The number of benzene rings is 2. The van der Waals surface area contributed by atoms with Crippen LogP contribution in [0.3, 0.4) is 0 Å². The van der Waals surface area contributed by atoms with Crippen LogP contribution >= 0.6 is 0 Å². The van der Waals surface area contributed by atoms with Gasteiger partial charge in [-0.05, 0) is 37.3 Å². The van der Waals surface area contributed by atoms with Gasteiger partial charge in [-0.2, -0.15) is 5.10 Å². The fraction of sp³-hybridized carbons (Fsp3) is 0.0526. The van der Waals surface area contributed by atoms with E-state index < -0.39 is 40.1 Å². The van der Waals surface area contributed by atoms with Crippen molar-refractivity contribution in [3.05, 3.63) is 87.3 Å². The van der Waals surface area contributed by atoms with Crippen molar-refractivity contribution in [2.24, 2.45) is 5.73 Å². The zero-order valence-corrected chi connectivity index (χ0v) is 14.6. The number of nitrogens with one attached hydrogen (secondary N) is 1. The van der Waals surface area contributed by atoms with Crippen molar-refractivity contribution in [2.45, 2.75) is 6.92 Å². The number of aromatic nitrogens is 2. The predicted molar refractivity (Wildman–Crippen MR) is 97.4 cm³/mol. The van der Waals surface area contributed by atoms with Crippen LogP contribution in [0.25, 0.3) is 5.69 Å². The quantitative estimate of drug-likeness (QED) is 0.719. The molecule has 0 aliphatic rings. The molecule has 28 heavy (non-hydrogen) atoms. The minimum Gasteiger partial charge on any atom is -0.366 e. The molecule has 9 heteroatoms. The number of rotatable bonds is 4. The normalized spacial score (nSPS) is 10.5. The van der Waals surface area contributed by atoms with Crippen molar-refractivity contribution in [1.29, 1.82) is 0 Å². The van der Waals surface area contributed by atoms with Gasteiger partial charge in [0.1, 0.15) is 17.3 Å². The number of anilines is 1. The van der Waals surface area contributed by atoms with Gasteiger partial charge in [-0.25, -0.2) is 13.5 Å². The molecule has 2 amide bonds. The van der Waals surface area contributed by atoms with Crippen molar-refractivity contribution < 1.29 is 18.4 Å². The number of halogens is 2. The molecule has 0 saturated carbocycles. The van der Waals surface area contributed by atoms with Crippen LogP contribution in [0.2, 0.25) is 0 Å². The highest BCUT2D eigenvalue weighted by Crippen LogP contribution is 2.16. The minimum atomic E-state index is -1.01. The Hall–Kier alpha value is -3.88. The lowest BCUT2D eigenvalue weighted by atomic mass is 10.1. The molecule has 0 aliphatic heterocycles. The van der Waals surface area contributed by atoms with Gasteiger partial charge in [0.15, 0.2) is 5.69 Å². The average molecular weight is 384 g/mol. The number of hydrogen-bond acceptors (Lipinski definition) is 4. The van der Waals surface area contributed by atoms with Crippen LogP contribution in [0.15, 0.2) is 53.3 Å². The molecule has 7 nitrogen and oxygen atoms in total. The molecular formula is C19H14F2N4O3. The Balaban J connectivity index is 2.00. The van der Waals surface area contributed by atoms with E-state index in [2.05, 4.69) is 10.4 Å². The summed E-state index contributed by atoms with van der Waals surface area (Å²) in [5, 5.41) is 6.31. The van der Waals surface area contributed by atoms with Gasteiger partial charge in [0.25, 0.3) is 11.8 Å². The second kappa shape index (κ2) is 7.39. The van der Waals surface area contributed by atoms with Crippen molar-refractivity contribution in [2.75, 3.05) is 5.32 Å². The van der Waals surface area contributed by atoms with Crippen LogP contribution in [0.1, 0.15) is 26.5 Å². The Bertz CT molecular complexity index is 1160. The second-order valence-electron chi connectivity index (χ2n) is 5.87. The van der Waals surface area contributed by atoms with Gasteiger partial charge in [0.2, 0.25) is 5.43 Å². The summed E-state index contributed by atoms with van der Waals surface area (Å²) >= 11 is 0. The molecule has 0 atom stereocenters. The number of carbonyl (C=O) groups excluding carboxylic acids is 2. The summed E-state index contributed by atoms with van der Waals surface area (Å²) in [6.07, 6.45) is 0. The Labute approximate surface area is 157 Å². The molecule has 1 aromatic heterocycles. The summed E-state index contributed by atoms with van der Waals surface area (Å²) in [6.45, 7) is 1.54. The van der Waals surface area contributed by atoms with Gasteiger partial charge in [0, 0.05) is 17.4 Å². The predicted octanol–water partition coefficient (Wildman–Crippen LogP) is 2.17. The van der Waals surface area contributed by atoms with Gasteiger partial charge < -0.3 is 11.1 Å². The van der Waals surface area contributed by atoms with Gasteiger partial charge in [0.05, 0.1) is 5.56 Å². The number of primary amides is 1. The maximum atomic E-state index is 14.1. The van der Waals surface area contributed by atoms with E-state index in [1.807, 2.05) is 0 Å². The van der Waals surface area contributed by atoms with E-state index in [9.17, 15) is 23.2 Å². The summed E-state index contributed by atoms with van der Waals surface area (Å²) in [5.74, 6) is -3.35. The highest BCUT2D eigenvalue weighted by atomic mass is 19.1. The fourth-order valence-corrected chi connectivity index (χ4v) is 2.55. The van der Waals surface area contributed by atoms with E-state index in [0.717, 1.165) is 22.9 Å². The van der Waals surface area contributed by atoms with E-state index in [0.29, 0.717) is 5.69 Å². The topological polar surface area (TPSA) is 107 Å². The fourth-order valence-electron chi connectivity index (χ4n) is 2.55. The lowest BCUT2D eigenvalue weighted by Crippen LogP contribution is -2.27. The minimum absolute atomic E-state index is 0.0411. The van der Waals surface area contributed by atoms with Gasteiger partial charge in [-0.15, -0.1) is 0 Å². The molecule has 142 valence electrons. The van der Waals surface area contributed by atoms with Gasteiger partial charge in [-0.1, -0.05) is 12.1 Å². The average Bonchev–Trinajstić information content (AvgIpc) is 2.64. The molecule has 0 bridgehead atoms. The molecule has 0 saturated heterocycles. The zero-order valence-electron chi connectivity index (χ0n) is 14.6. The number of nitrogens with zero attached hydrogens (tertiary/aromatic N) is 2. The summed E-state index contributed by atoms with van der Waals surface area (Å²) in [4.78, 5) is 35.9. The third-order valence-corrected chi connectivity index (χ3v) is 3.89. The third kappa shape index (κ3) is 3.63. The van der Waals surface area contributed by atoms with Crippen LogP contribution in [0, 0.1) is 18.6 Å². The first-order valence-corrected chi connectivity index (χ1v) is 8.04. The first-order valence-electron chi connectivity index (χ1n) is 8.04. The molecule has 0 spiro atoms. The highest BCUT2D eigenvalue weighted by molar-refractivity contribution is 6.03. The molecule has 2 aromatic carbocycles. The Morgan fingerprint density at radius 3 is 2.46 bits per heavy atom. The van der Waals surface area contributed by atoms with Gasteiger partial charge >= 0.3 is 0 Å².